The molecule has 4 rings (SSSR count). The van der Waals surface area contributed by atoms with Crippen molar-refractivity contribution in [1.82, 2.24) is 20.3 Å². The molecule has 2 aromatic heterocycles. The third-order valence-corrected chi connectivity index (χ3v) is 4.65. The third-order valence-electron chi connectivity index (χ3n) is 4.65. The number of fused-ring (bicyclic) bond motifs is 1. The van der Waals surface area contributed by atoms with Gasteiger partial charge in [-0.15, -0.1) is 0 Å². The first-order chi connectivity index (χ1) is 13.5. The Hall–Kier alpha value is -2.94. The van der Waals surface area contributed by atoms with Crippen molar-refractivity contribution in [2.24, 2.45) is 0 Å². The lowest BCUT2D eigenvalue weighted by molar-refractivity contribution is -0.141. The molecule has 0 unspecified atom stereocenters. The van der Waals surface area contributed by atoms with Gasteiger partial charge in [-0.1, -0.05) is 6.07 Å². The van der Waals surface area contributed by atoms with Gasteiger partial charge in [-0.2, -0.15) is 13.2 Å². The Kier molecular flexibility index (Phi) is 4.99. The summed E-state index contributed by atoms with van der Waals surface area (Å²) in [4.78, 5) is 14.1. The average Bonchev–Trinajstić information content (AvgIpc) is 2.72. The number of piperazine rings is 1. The molecular weight excluding hydrogens is 369 g/mol. The molecular formula is C19H19F3N6. The fourth-order valence-corrected chi connectivity index (χ4v) is 3.22. The van der Waals surface area contributed by atoms with Crippen LogP contribution in [-0.4, -0.2) is 41.1 Å². The van der Waals surface area contributed by atoms with Crippen LogP contribution in [0.4, 0.5) is 24.5 Å². The van der Waals surface area contributed by atoms with E-state index < -0.39 is 11.9 Å². The predicted octanol–water partition coefficient (Wildman–Crippen LogP) is 3.07. The van der Waals surface area contributed by atoms with Crippen LogP contribution in [0.25, 0.3) is 11.0 Å². The first-order valence-corrected chi connectivity index (χ1v) is 8.97. The topological polar surface area (TPSA) is 66.0 Å². The fourth-order valence-electron chi connectivity index (χ4n) is 3.22. The molecule has 0 bridgehead atoms. The summed E-state index contributed by atoms with van der Waals surface area (Å²) in [6.45, 7) is 3.18. The zero-order valence-electron chi connectivity index (χ0n) is 15.0. The van der Waals surface area contributed by atoms with Gasteiger partial charge in [0.25, 0.3) is 0 Å². The minimum absolute atomic E-state index is 0.443. The zero-order chi connectivity index (χ0) is 19.6. The van der Waals surface area contributed by atoms with Gasteiger partial charge in [0.2, 0.25) is 0 Å². The van der Waals surface area contributed by atoms with Crippen molar-refractivity contribution in [2.45, 2.75) is 12.7 Å². The number of benzene rings is 1. The van der Waals surface area contributed by atoms with Crippen LogP contribution in [-0.2, 0) is 12.7 Å². The SMILES string of the molecule is FC(F)(F)c1cc(N2CCNCC2)c(NCc2ccc3nccnc3c2)cn1. The number of anilines is 2. The Labute approximate surface area is 159 Å². The molecule has 0 atom stereocenters. The molecule has 1 saturated heterocycles. The summed E-state index contributed by atoms with van der Waals surface area (Å²) in [5, 5.41) is 6.44. The lowest BCUT2D eigenvalue weighted by Gasteiger charge is -2.31. The Balaban J connectivity index is 1.60. The van der Waals surface area contributed by atoms with Crippen LogP contribution < -0.4 is 15.5 Å². The Bertz CT molecular complexity index is 969. The molecule has 1 fully saturated rings. The molecule has 28 heavy (non-hydrogen) atoms. The minimum Gasteiger partial charge on any atom is -0.378 e. The third kappa shape index (κ3) is 3.99. The molecule has 1 aliphatic heterocycles. The molecule has 0 radical (unpaired) electrons. The molecule has 9 heteroatoms. The number of nitrogens with zero attached hydrogens (tertiary/aromatic N) is 4. The molecule has 1 aromatic carbocycles. The second-order valence-electron chi connectivity index (χ2n) is 6.55. The monoisotopic (exact) mass is 388 g/mol. The highest BCUT2D eigenvalue weighted by molar-refractivity contribution is 5.75. The number of hydrogen-bond donors (Lipinski definition) is 2. The van der Waals surface area contributed by atoms with Crippen LogP contribution in [0.1, 0.15) is 11.3 Å². The molecule has 3 heterocycles. The fraction of sp³-hybridized carbons (Fsp3) is 0.316. The lowest BCUT2D eigenvalue weighted by Crippen LogP contribution is -2.43. The van der Waals surface area contributed by atoms with E-state index in [1.54, 1.807) is 12.4 Å². The predicted molar refractivity (Wildman–Crippen MR) is 101 cm³/mol. The largest absolute Gasteiger partial charge is 0.433 e. The van der Waals surface area contributed by atoms with Crippen molar-refractivity contribution in [1.29, 1.82) is 0 Å². The van der Waals surface area contributed by atoms with Gasteiger partial charge in [0.05, 0.1) is 28.6 Å². The van der Waals surface area contributed by atoms with Gasteiger partial charge < -0.3 is 15.5 Å². The van der Waals surface area contributed by atoms with Crippen LogP contribution in [0.3, 0.4) is 0 Å². The van der Waals surface area contributed by atoms with E-state index in [-0.39, 0.29) is 0 Å². The smallest absolute Gasteiger partial charge is 0.378 e. The van der Waals surface area contributed by atoms with Gasteiger partial charge in [-0.3, -0.25) is 9.97 Å². The standard InChI is InChI=1S/C19H19F3N6/c20-19(21,22)18-10-17(28-7-5-23-6-8-28)16(12-27-18)26-11-13-1-2-14-15(9-13)25-4-3-24-14/h1-4,9-10,12,23,26H,5-8,11H2. The summed E-state index contributed by atoms with van der Waals surface area (Å²) in [5.74, 6) is 0. The molecule has 0 amide bonds. The van der Waals surface area contributed by atoms with Gasteiger partial charge in [0.1, 0.15) is 5.69 Å². The van der Waals surface area contributed by atoms with E-state index in [1.165, 1.54) is 6.20 Å². The number of pyridine rings is 1. The summed E-state index contributed by atoms with van der Waals surface area (Å²) in [6, 6.07) is 6.84. The first-order valence-electron chi connectivity index (χ1n) is 8.97. The van der Waals surface area contributed by atoms with Gasteiger partial charge in [-0.05, 0) is 23.8 Å². The van der Waals surface area contributed by atoms with E-state index >= 15 is 0 Å². The number of rotatable bonds is 4. The minimum atomic E-state index is -4.47. The van der Waals surface area contributed by atoms with Gasteiger partial charge in [0, 0.05) is 45.1 Å². The molecule has 3 aromatic rings. The summed E-state index contributed by atoms with van der Waals surface area (Å²) in [7, 11) is 0. The van der Waals surface area contributed by atoms with Crippen molar-refractivity contribution in [2.75, 3.05) is 36.4 Å². The number of alkyl halides is 3. The van der Waals surface area contributed by atoms with Crippen LogP contribution in [0.15, 0.2) is 42.9 Å². The molecule has 146 valence electrons. The Morgan fingerprint density at radius 1 is 1.00 bits per heavy atom. The second-order valence-corrected chi connectivity index (χ2v) is 6.55. The highest BCUT2D eigenvalue weighted by Crippen LogP contribution is 2.34. The molecule has 0 spiro atoms. The van der Waals surface area contributed by atoms with Crippen LogP contribution >= 0.6 is 0 Å². The van der Waals surface area contributed by atoms with Gasteiger partial charge in [-0.25, -0.2) is 4.98 Å². The maximum absolute atomic E-state index is 13.1. The molecule has 6 nitrogen and oxygen atoms in total. The number of aromatic nitrogens is 3. The molecule has 0 saturated carbocycles. The quantitative estimate of drug-likeness (QED) is 0.716. The van der Waals surface area contributed by atoms with Crippen molar-refractivity contribution in [3.05, 3.63) is 54.1 Å². The number of halogens is 3. The normalized spacial score (nSPS) is 15.0. The maximum atomic E-state index is 13.1. The Morgan fingerprint density at radius 3 is 2.50 bits per heavy atom. The van der Waals surface area contributed by atoms with E-state index in [4.69, 9.17) is 0 Å². The van der Waals surface area contributed by atoms with Crippen LogP contribution in [0.2, 0.25) is 0 Å². The zero-order valence-corrected chi connectivity index (χ0v) is 15.0. The highest BCUT2D eigenvalue weighted by Gasteiger charge is 2.33. The van der Waals surface area contributed by atoms with Crippen LogP contribution in [0, 0.1) is 0 Å². The number of nitrogens with one attached hydrogen (secondary N) is 2. The van der Waals surface area contributed by atoms with Crippen molar-refractivity contribution in [3.63, 3.8) is 0 Å². The molecule has 2 N–H and O–H groups in total. The van der Waals surface area contributed by atoms with Gasteiger partial charge >= 0.3 is 6.18 Å². The van der Waals surface area contributed by atoms with Crippen molar-refractivity contribution < 1.29 is 13.2 Å². The molecule has 0 aliphatic carbocycles. The van der Waals surface area contributed by atoms with Crippen LogP contribution in [0.5, 0.6) is 0 Å². The average molecular weight is 388 g/mol. The Morgan fingerprint density at radius 2 is 1.75 bits per heavy atom. The highest BCUT2D eigenvalue weighted by atomic mass is 19.4. The lowest BCUT2D eigenvalue weighted by atomic mass is 10.1. The summed E-state index contributed by atoms with van der Waals surface area (Å²) >= 11 is 0. The van der Waals surface area contributed by atoms with Gasteiger partial charge in [0.15, 0.2) is 0 Å². The van der Waals surface area contributed by atoms with E-state index in [2.05, 4.69) is 25.6 Å². The summed E-state index contributed by atoms with van der Waals surface area (Å²) in [6.07, 6.45) is 0.0507. The summed E-state index contributed by atoms with van der Waals surface area (Å²) < 4.78 is 39.4. The first kappa shape index (κ1) is 18.4. The molecule has 1 aliphatic rings. The van der Waals surface area contributed by atoms with Crippen molar-refractivity contribution >= 4 is 22.4 Å². The summed E-state index contributed by atoms with van der Waals surface area (Å²) in [5.41, 5.74) is 2.74. The van der Waals surface area contributed by atoms with E-state index in [0.717, 1.165) is 35.8 Å². The second kappa shape index (κ2) is 7.59. The van der Waals surface area contributed by atoms with Crippen molar-refractivity contribution in [3.8, 4) is 0 Å². The van der Waals surface area contributed by atoms with E-state index in [1.807, 2.05) is 23.1 Å². The number of hydrogen-bond acceptors (Lipinski definition) is 6. The van der Waals surface area contributed by atoms with E-state index in [0.29, 0.717) is 31.0 Å². The maximum Gasteiger partial charge on any atom is 0.433 e. The van der Waals surface area contributed by atoms with E-state index in [9.17, 15) is 13.2 Å².